The number of hydrogen-bond donors (Lipinski definition) is 0. The van der Waals surface area contributed by atoms with Crippen LogP contribution in [-0.4, -0.2) is 43.2 Å². The van der Waals surface area contributed by atoms with Crippen molar-refractivity contribution in [1.82, 2.24) is 24.2 Å². The van der Waals surface area contributed by atoms with Gasteiger partial charge >= 0.3 is 0 Å². The minimum atomic E-state index is -0.105. The third-order valence-electron chi connectivity index (χ3n) is 6.40. The Kier molecular flexibility index (Phi) is 5.32. The van der Waals surface area contributed by atoms with Gasteiger partial charge in [0.05, 0.1) is 11.1 Å². The maximum absolute atomic E-state index is 13.3. The zero-order valence-electron chi connectivity index (χ0n) is 19.4. The van der Waals surface area contributed by atoms with Crippen LogP contribution in [0.2, 0.25) is 0 Å². The fraction of sp³-hybridized carbons (Fsp3) is 0.565. The first-order valence-electron chi connectivity index (χ1n) is 10.8. The summed E-state index contributed by atoms with van der Waals surface area (Å²) < 4.78 is 3.54. The van der Waals surface area contributed by atoms with Crippen LogP contribution in [0.1, 0.15) is 72.1 Å². The van der Waals surface area contributed by atoms with E-state index in [2.05, 4.69) is 25.9 Å². The number of aromatic nitrogens is 4. The van der Waals surface area contributed by atoms with Crippen molar-refractivity contribution < 1.29 is 4.79 Å². The van der Waals surface area contributed by atoms with Crippen molar-refractivity contribution >= 4 is 27.5 Å². The van der Waals surface area contributed by atoms with Crippen LogP contribution in [0.3, 0.4) is 0 Å². The number of aryl methyl sites for hydroxylation is 4. The Morgan fingerprint density at radius 3 is 2.39 bits per heavy atom. The molecule has 31 heavy (non-hydrogen) atoms. The van der Waals surface area contributed by atoms with Gasteiger partial charge in [-0.25, -0.2) is 4.98 Å². The van der Waals surface area contributed by atoms with Crippen molar-refractivity contribution in [1.29, 1.82) is 0 Å². The van der Waals surface area contributed by atoms with Gasteiger partial charge in [0, 0.05) is 36.5 Å². The molecule has 166 valence electrons. The summed E-state index contributed by atoms with van der Waals surface area (Å²) >= 11 is 1.58. The molecule has 0 bridgehead atoms. The quantitative estimate of drug-likeness (QED) is 0.605. The summed E-state index contributed by atoms with van der Waals surface area (Å²) in [6, 6.07) is 1.97. The molecule has 0 aliphatic carbocycles. The van der Waals surface area contributed by atoms with E-state index >= 15 is 0 Å². The van der Waals surface area contributed by atoms with Gasteiger partial charge in [0.1, 0.15) is 16.3 Å². The number of piperidine rings is 1. The molecule has 0 atom stereocenters. The van der Waals surface area contributed by atoms with Gasteiger partial charge < -0.3 is 4.90 Å². The minimum Gasteiger partial charge on any atom is -0.337 e. The molecule has 1 aliphatic heterocycles. The van der Waals surface area contributed by atoms with Gasteiger partial charge in [-0.1, -0.05) is 20.8 Å². The second-order valence-electron chi connectivity index (χ2n) is 9.61. The van der Waals surface area contributed by atoms with E-state index in [0.29, 0.717) is 18.8 Å². The molecule has 1 saturated heterocycles. The number of carbonyl (C=O) groups excluding carboxylic acids is 1. The Labute approximate surface area is 186 Å². The van der Waals surface area contributed by atoms with E-state index in [1.165, 1.54) is 0 Å². The Morgan fingerprint density at radius 2 is 1.81 bits per heavy atom. The van der Waals surface area contributed by atoms with Crippen LogP contribution >= 0.6 is 11.3 Å². The van der Waals surface area contributed by atoms with Crippen molar-refractivity contribution in [3.05, 3.63) is 44.1 Å². The first kappa shape index (κ1) is 21.7. The van der Waals surface area contributed by atoms with Crippen molar-refractivity contribution in [2.24, 2.45) is 7.05 Å². The molecule has 0 radical (unpaired) electrons. The van der Waals surface area contributed by atoms with Gasteiger partial charge in [-0.2, -0.15) is 5.10 Å². The van der Waals surface area contributed by atoms with E-state index in [-0.39, 0.29) is 22.9 Å². The molecule has 0 unspecified atom stereocenters. The van der Waals surface area contributed by atoms with Crippen LogP contribution in [0.4, 0.5) is 0 Å². The number of fused-ring (bicyclic) bond motifs is 1. The predicted octanol–water partition coefficient (Wildman–Crippen LogP) is 3.89. The van der Waals surface area contributed by atoms with Crippen LogP contribution in [-0.2, 0) is 12.5 Å². The molecule has 8 heteroatoms. The van der Waals surface area contributed by atoms with E-state index < -0.39 is 0 Å². The number of carbonyl (C=O) groups is 1. The van der Waals surface area contributed by atoms with Gasteiger partial charge in [-0.15, -0.1) is 11.3 Å². The lowest BCUT2D eigenvalue weighted by atomic mass is 9.92. The zero-order chi connectivity index (χ0) is 22.7. The minimum absolute atomic E-state index is 0.00546. The maximum Gasteiger partial charge on any atom is 0.272 e. The second kappa shape index (κ2) is 7.58. The lowest BCUT2D eigenvalue weighted by molar-refractivity contribution is 0.0681. The summed E-state index contributed by atoms with van der Waals surface area (Å²) in [6.07, 6.45) is 1.48. The molecule has 4 heterocycles. The number of likely N-dealkylation sites (tertiary alicyclic amines) is 1. The average molecular weight is 442 g/mol. The Morgan fingerprint density at radius 1 is 1.16 bits per heavy atom. The molecule has 1 aliphatic rings. The van der Waals surface area contributed by atoms with Crippen molar-refractivity contribution in [3.63, 3.8) is 0 Å². The summed E-state index contributed by atoms with van der Waals surface area (Å²) in [5.74, 6) is 0.760. The van der Waals surface area contributed by atoms with E-state index in [4.69, 9.17) is 4.98 Å². The molecule has 0 N–H and O–H groups in total. The molecular weight excluding hydrogens is 410 g/mol. The highest BCUT2D eigenvalue weighted by Gasteiger charge is 2.30. The maximum atomic E-state index is 13.3. The molecule has 0 aromatic carbocycles. The molecule has 3 aromatic heterocycles. The number of hydrogen-bond acceptors (Lipinski definition) is 5. The van der Waals surface area contributed by atoms with E-state index in [1.54, 1.807) is 16.0 Å². The highest BCUT2D eigenvalue weighted by Crippen LogP contribution is 2.29. The number of rotatable bonds is 2. The lowest BCUT2D eigenvalue weighted by Crippen LogP contribution is -2.42. The standard InChI is InChI=1S/C23H31N5O2S/c1-13-14(2)31-20-19(13)22(30)28(15(3)24-20)16-8-10-27(11-9-16)21(29)17-12-18(23(4,5)6)25-26(17)7/h12,16H,8-11H2,1-7H3. The Bertz CT molecular complexity index is 1220. The van der Waals surface area contributed by atoms with Crippen LogP contribution in [0.5, 0.6) is 0 Å². The van der Waals surface area contributed by atoms with Gasteiger partial charge in [0.25, 0.3) is 11.5 Å². The molecule has 0 saturated carbocycles. The molecule has 0 spiro atoms. The van der Waals surface area contributed by atoms with Crippen LogP contribution in [0.15, 0.2) is 10.9 Å². The average Bonchev–Trinajstić information content (AvgIpc) is 3.21. The smallest absolute Gasteiger partial charge is 0.272 e. The lowest BCUT2D eigenvalue weighted by Gasteiger charge is -2.33. The van der Waals surface area contributed by atoms with Crippen LogP contribution < -0.4 is 5.56 Å². The number of nitrogens with zero attached hydrogens (tertiary/aromatic N) is 5. The molecule has 7 nitrogen and oxygen atoms in total. The first-order valence-corrected chi connectivity index (χ1v) is 11.6. The number of amides is 1. The van der Waals surface area contributed by atoms with E-state index in [1.807, 2.05) is 43.4 Å². The Hall–Kier alpha value is -2.48. The normalized spacial score (nSPS) is 15.8. The van der Waals surface area contributed by atoms with Crippen LogP contribution in [0.25, 0.3) is 10.2 Å². The van der Waals surface area contributed by atoms with Crippen molar-refractivity contribution in [2.45, 2.75) is 65.8 Å². The Balaban J connectivity index is 1.56. The molecule has 1 amide bonds. The molecule has 4 rings (SSSR count). The van der Waals surface area contributed by atoms with Crippen molar-refractivity contribution in [3.8, 4) is 0 Å². The largest absolute Gasteiger partial charge is 0.337 e. The topological polar surface area (TPSA) is 73.0 Å². The highest BCUT2D eigenvalue weighted by atomic mass is 32.1. The fourth-order valence-electron chi connectivity index (χ4n) is 4.36. The fourth-order valence-corrected chi connectivity index (χ4v) is 5.43. The summed E-state index contributed by atoms with van der Waals surface area (Å²) in [6.45, 7) is 13.5. The van der Waals surface area contributed by atoms with E-state index in [9.17, 15) is 9.59 Å². The van der Waals surface area contributed by atoms with Crippen molar-refractivity contribution in [2.75, 3.05) is 13.1 Å². The van der Waals surface area contributed by atoms with E-state index in [0.717, 1.165) is 45.0 Å². The monoisotopic (exact) mass is 441 g/mol. The van der Waals surface area contributed by atoms with Gasteiger partial charge in [0.15, 0.2) is 0 Å². The zero-order valence-corrected chi connectivity index (χ0v) is 20.3. The van der Waals surface area contributed by atoms with Gasteiger partial charge in [0.2, 0.25) is 0 Å². The second-order valence-corrected chi connectivity index (χ2v) is 10.8. The third-order valence-corrected chi connectivity index (χ3v) is 7.50. The third kappa shape index (κ3) is 3.71. The molecular formula is C23H31N5O2S. The number of thiophene rings is 1. The molecule has 3 aromatic rings. The SMILES string of the molecule is Cc1sc2nc(C)n(C3CCN(C(=O)c4cc(C(C)(C)C)nn4C)CC3)c(=O)c2c1C. The summed E-state index contributed by atoms with van der Waals surface area (Å²) in [4.78, 5) is 35.0. The summed E-state index contributed by atoms with van der Waals surface area (Å²) in [5, 5.41) is 5.29. The highest BCUT2D eigenvalue weighted by molar-refractivity contribution is 7.18. The molecule has 1 fully saturated rings. The summed E-state index contributed by atoms with van der Waals surface area (Å²) in [5.41, 5.74) is 2.51. The van der Waals surface area contributed by atoms with Crippen LogP contribution in [0, 0.1) is 20.8 Å². The van der Waals surface area contributed by atoms with Gasteiger partial charge in [-0.3, -0.25) is 18.8 Å². The predicted molar refractivity (Wildman–Crippen MR) is 124 cm³/mol. The summed E-state index contributed by atoms with van der Waals surface area (Å²) in [7, 11) is 1.82. The van der Waals surface area contributed by atoms with Gasteiger partial charge in [-0.05, 0) is 45.2 Å². The first-order chi connectivity index (χ1) is 14.5.